The summed E-state index contributed by atoms with van der Waals surface area (Å²) in [5, 5.41) is 4.03. The summed E-state index contributed by atoms with van der Waals surface area (Å²) in [7, 11) is 1.56. The third kappa shape index (κ3) is 3.90. The van der Waals surface area contributed by atoms with Crippen LogP contribution in [0.25, 0.3) is 0 Å². The minimum Gasteiger partial charge on any atom is -0.496 e. The monoisotopic (exact) mass is 323 g/mol. The van der Waals surface area contributed by atoms with E-state index in [0.29, 0.717) is 21.5 Å². The fourth-order valence-corrected chi connectivity index (χ4v) is 2.36. The molecule has 21 heavy (non-hydrogen) atoms. The average molecular weight is 324 g/mol. The van der Waals surface area contributed by atoms with E-state index >= 15 is 0 Å². The Bertz CT molecular complexity index is 671. The van der Waals surface area contributed by atoms with Crippen molar-refractivity contribution in [3.63, 3.8) is 0 Å². The highest BCUT2D eigenvalue weighted by atomic mass is 35.5. The van der Waals surface area contributed by atoms with Gasteiger partial charge >= 0.3 is 0 Å². The molecule has 0 aliphatic heterocycles. The lowest BCUT2D eigenvalue weighted by Gasteiger charge is -2.11. The molecule has 0 aliphatic rings. The topological polar surface area (TPSA) is 38.3 Å². The fraction of sp³-hybridized carbons (Fsp3) is 0.188. The Hall–Kier alpha value is -1.71. The molecule has 0 aromatic heterocycles. The van der Waals surface area contributed by atoms with Gasteiger partial charge in [0.15, 0.2) is 0 Å². The van der Waals surface area contributed by atoms with Crippen LogP contribution in [-0.4, -0.2) is 13.0 Å². The van der Waals surface area contributed by atoms with Crippen LogP contribution < -0.4 is 10.1 Å². The number of amides is 1. The molecule has 2 aromatic carbocycles. The lowest BCUT2D eigenvalue weighted by Crippen LogP contribution is -2.15. The van der Waals surface area contributed by atoms with Crippen LogP contribution in [0, 0.1) is 6.92 Å². The Morgan fingerprint density at radius 2 is 2.00 bits per heavy atom. The first-order chi connectivity index (χ1) is 10.0. The molecule has 2 aromatic rings. The van der Waals surface area contributed by atoms with Gasteiger partial charge in [-0.15, -0.1) is 0 Å². The summed E-state index contributed by atoms with van der Waals surface area (Å²) < 4.78 is 5.23. The number of anilines is 1. The molecule has 0 saturated carbocycles. The molecule has 0 heterocycles. The molecule has 0 bridgehead atoms. The molecule has 2 rings (SSSR count). The molecule has 1 N–H and O–H groups in total. The zero-order valence-corrected chi connectivity index (χ0v) is 13.3. The summed E-state index contributed by atoms with van der Waals surface area (Å²) in [6.45, 7) is 1.86. The standard InChI is InChI=1S/C16H15Cl2NO2/c1-10-13(18)4-3-5-14(10)19-16(20)9-11-8-12(17)6-7-15(11)21-2/h3-8H,9H2,1-2H3,(H,19,20). The molecule has 0 fully saturated rings. The van der Waals surface area contributed by atoms with Crippen molar-refractivity contribution in [1.29, 1.82) is 0 Å². The smallest absolute Gasteiger partial charge is 0.228 e. The van der Waals surface area contributed by atoms with E-state index < -0.39 is 0 Å². The number of rotatable bonds is 4. The summed E-state index contributed by atoms with van der Waals surface area (Å²) in [6.07, 6.45) is 0.176. The first kappa shape index (κ1) is 15.7. The van der Waals surface area contributed by atoms with Crippen molar-refractivity contribution in [2.45, 2.75) is 13.3 Å². The highest BCUT2D eigenvalue weighted by Crippen LogP contribution is 2.25. The van der Waals surface area contributed by atoms with Gasteiger partial charge in [-0.3, -0.25) is 4.79 Å². The average Bonchev–Trinajstić information content (AvgIpc) is 2.44. The SMILES string of the molecule is COc1ccc(Cl)cc1CC(=O)Nc1cccc(Cl)c1C. The van der Waals surface area contributed by atoms with Crippen molar-refractivity contribution in [1.82, 2.24) is 0 Å². The van der Waals surface area contributed by atoms with Crippen LogP contribution in [-0.2, 0) is 11.2 Å². The maximum absolute atomic E-state index is 12.2. The van der Waals surface area contributed by atoms with E-state index in [1.165, 1.54) is 0 Å². The van der Waals surface area contributed by atoms with Gasteiger partial charge in [0.1, 0.15) is 5.75 Å². The van der Waals surface area contributed by atoms with E-state index in [1.54, 1.807) is 37.4 Å². The normalized spacial score (nSPS) is 10.3. The number of carbonyl (C=O) groups excluding carboxylic acids is 1. The second kappa shape index (κ2) is 6.83. The molecule has 0 saturated heterocycles. The second-order valence-corrected chi connectivity index (χ2v) is 5.44. The predicted molar refractivity (Wildman–Crippen MR) is 86.5 cm³/mol. The number of methoxy groups -OCH3 is 1. The van der Waals surface area contributed by atoms with Gasteiger partial charge in [0.25, 0.3) is 0 Å². The maximum atomic E-state index is 12.2. The first-order valence-corrected chi connectivity index (χ1v) is 7.14. The van der Waals surface area contributed by atoms with Crippen LogP contribution in [0.5, 0.6) is 5.75 Å². The minimum absolute atomic E-state index is 0.152. The van der Waals surface area contributed by atoms with Crippen LogP contribution in [0.15, 0.2) is 36.4 Å². The Morgan fingerprint density at radius 3 is 2.71 bits per heavy atom. The molecular weight excluding hydrogens is 309 g/mol. The van der Waals surface area contributed by atoms with E-state index in [2.05, 4.69) is 5.32 Å². The number of ether oxygens (including phenoxy) is 1. The van der Waals surface area contributed by atoms with Gasteiger partial charge in [0.05, 0.1) is 13.5 Å². The molecule has 0 unspecified atom stereocenters. The highest BCUT2D eigenvalue weighted by molar-refractivity contribution is 6.31. The Balaban J connectivity index is 2.15. The first-order valence-electron chi connectivity index (χ1n) is 6.38. The minimum atomic E-state index is -0.152. The van der Waals surface area contributed by atoms with Crippen molar-refractivity contribution in [2.75, 3.05) is 12.4 Å². The predicted octanol–water partition coefficient (Wildman–Crippen LogP) is 4.49. The molecule has 0 radical (unpaired) electrons. The summed E-state index contributed by atoms with van der Waals surface area (Å²) in [5.74, 6) is 0.485. The van der Waals surface area contributed by atoms with E-state index in [0.717, 1.165) is 11.1 Å². The fourth-order valence-electron chi connectivity index (χ4n) is 2.00. The molecular formula is C16H15Cl2NO2. The zero-order chi connectivity index (χ0) is 15.4. The Labute approximate surface area is 133 Å². The Kier molecular flexibility index (Phi) is 5.10. The van der Waals surface area contributed by atoms with Crippen molar-refractivity contribution in [2.24, 2.45) is 0 Å². The van der Waals surface area contributed by atoms with Crippen LogP contribution in [0.4, 0.5) is 5.69 Å². The summed E-state index contributed by atoms with van der Waals surface area (Å²) in [6, 6.07) is 10.6. The van der Waals surface area contributed by atoms with Crippen molar-refractivity contribution < 1.29 is 9.53 Å². The van der Waals surface area contributed by atoms with Crippen LogP contribution in [0.2, 0.25) is 10.0 Å². The van der Waals surface area contributed by atoms with Crippen molar-refractivity contribution in [3.8, 4) is 5.75 Å². The van der Waals surface area contributed by atoms with Crippen LogP contribution in [0.3, 0.4) is 0 Å². The van der Waals surface area contributed by atoms with Gasteiger partial charge in [-0.1, -0.05) is 29.3 Å². The van der Waals surface area contributed by atoms with Crippen molar-refractivity contribution >= 4 is 34.8 Å². The Morgan fingerprint density at radius 1 is 1.24 bits per heavy atom. The molecule has 5 heteroatoms. The number of hydrogen-bond acceptors (Lipinski definition) is 2. The number of halogens is 2. The number of hydrogen-bond donors (Lipinski definition) is 1. The maximum Gasteiger partial charge on any atom is 0.228 e. The molecule has 3 nitrogen and oxygen atoms in total. The van der Waals surface area contributed by atoms with Gasteiger partial charge in [-0.05, 0) is 42.8 Å². The molecule has 110 valence electrons. The van der Waals surface area contributed by atoms with Crippen molar-refractivity contribution in [3.05, 3.63) is 57.6 Å². The van der Waals surface area contributed by atoms with E-state index in [1.807, 2.05) is 13.0 Å². The third-order valence-electron chi connectivity index (χ3n) is 3.14. The van der Waals surface area contributed by atoms with Gasteiger partial charge < -0.3 is 10.1 Å². The summed E-state index contributed by atoms with van der Waals surface area (Å²) in [4.78, 5) is 12.2. The quantitative estimate of drug-likeness (QED) is 0.900. The number of carbonyl (C=O) groups is 1. The van der Waals surface area contributed by atoms with Gasteiger partial charge in [-0.25, -0.2) is 0 Å². The molecule has 0 aliphatic carbocycles. The third-order valence-corrected chi connectivity index (χ3v) is 3.78. The van der Waals surface area contributed by atoms with E-state index in [9.17, 15) is 4.79 Å². The van der Waals surface area contributed by atoms with E-state index in [4.69, 9.17) is 27.9 Å². The van der Waals surface area contributed by atoms with Crippen LogP contribution >= 0.6 is 23.2 Å². The summed E-state index contributed by atoms with van der Waals surface area (Å²) in [5.41, 5.74) is 2.28. The second-order valence-electron chi connectivity index (χ2n) is 4.59. The molecule has 1 amide bonds. The lowest BCUT2D eigenvalue weighted by molar-refractivity contribution is -0.115. The molecule has 0 spiro atoms. The van der Waals surface area contributed by atoms with Gasteiger partial charge in [0, 0.05) is 21.3 Å². The number of nitrogens with one attached hydrogen (secondary N) is 1. The summed E-state index contributed by atoms with van der Waals surface area (Å²) >= 11 is 12.0. The molecule has 0 atom stereocenters. The van der Waals surface area contributed by atoms with E-state index in [-0.39, 0.29) is 12.3 Å². The highest BCUT2D eigenvalue weighted by Gasteiger charge is 2.11. The number of benzene rings is 2. The van der Waals surface area contributed by atoms with Gasteiger partial charge in [-0.2, -0.15) is 0 Å². The lowest BCUT2D eigenvalue weighted by atomic mass is 10.1. The van der Waals surface area contributed by atoms with Gasteiger partial charge in [0.2, 0.25) is 5.91 Å². The largest absolute Gasteiger partial charge is 0.496 e. The zero-order valence-electron chi connectivity index (χ0n) is 11.7. The van der Waals surface area contributed by atoms with Crippen LogP contribution in [0.1, 0.15) is 11.1 Å².